The van der Waals surface area contributed by atoms with Gasteiger partial charge in [-0.25, -0.2) is 0 Å². The Labute approximate surface area is 119 Å². The fraction of sp³-hybridized carbons (Fsp3) is 0.571. The Morgan fingerprint density at radius 1 is 1.37 bits per heavy atom. The molecule has 0 unspecified atom stereocenters. The lowest BCUT2D eigenvalue weighted by molar-refractivity contribution is -0.385. The molecular formula is C14H22N2O2S. The number of thioether (sulfide) groups is 1. The van der Waals surface area contributed by atoms with Crippen LogP contribution in [-0.2, 0) is 0 Å². The van der Waals surface area contributed by atoms with Crippen molar-refractivity contribution >= 4 is 23.1 Å². The topological polar surface area (TPSA) is 55.2 Å². The fourth-order valence-corrected chi connectivity index (χ4v) is 2.92. The standard InChI is InChI=1S/C14H22N2O2S/c1-5-14(6-2,19-4)10-15-12-8-7-9-13(11(12)3)16(17)18/h7-9,15H,5-6,10H2,1-4H3. The molecule has 0 amide bonds. The number of anilines is 1. The van der Waals surface area contributed by atoms with Crippen molar-refractivity contribution in [3.05, 3.63) is 33.9 Å². The van der Waals surface area contributed by atoms with Gasteiger partial charge in [0.1, 0.15) is 0 Å². The first-order valence-corrected chi connectivity index (χ1v) is 7.75. The van der Waals surface area contributed by atoms with Crippen molar-refractivity contribution in [1.29, 1.82) is 0 Å². The summed E-state index contributed by atoms with van der Waals surface area (Å²) < 4.78 is 0.192. The zero-order valence-electron chi connectivity index (χ0n) is 12.0. The summed E-state index contributed by atoms with van der Waals surface area (Å²) >= 11 is 1.86. The predicted molar refractivity (Wildman–Crippen MR) is 83.2 cm³/mol. The van der Waals surface area contributed by atoms with Crippen LogP contribution in [0.5, 0.6) is 0 Å². The van der Waals surface area contributed by atoms with Crippen molar-refractivity contribution in [1.82, 2.24) is 0 Å². The molecule has 1 rings (SSSR count). The molecule has 0 aliphatic rings. The van der Waals surface area contributed by atoms with E-state index in [1.165, 1.54) is 0 Å². The lowest BCUT2D eigenvalue weighted by Crippen LogP contribution is -2.32. The Kier molecular flexibility index (Phi) is 5.66. The van der Waals surface area contributed by atoms with Crippen LogP contribution in [0.2, 0.25) is 0 Å². The summed E-state index contributed by atoms with van der Waals surface area (Å²) in [5, 5.41) is 14.3. The van der Waals surface area contributed by atoms with E-state index in [1.807, 2.05) is 17.8 Å². The maximum Gasteiger partial charge on any atom is 0.274 e. The molecule has 5 heteroatoms. The van der Waals surface area contributed by atoms with E-state index in [2.05, 4.69) is 25.4 Å². The van der Waals surface area contributed by atoms with Crippen molar-refractivity contribution in [2.24, 2.45) is 0 Å². The van der Waals surface area contributed by atoms with E-state index in [-0.39, 0.29) is 15.4 Å². The van der Waals surface area contributed by atoms with Gasteiger partial charge in [0.25, 0.3) is 5.69 Å². The maximum atomic E-state index is 10.9. The van der Waals surface area contributed by atoms with Crippen LogP contribution in [0.1, 0.15) is 32.3 Å². The molecule has 106 valence electrons. The van der Waals surface area contributed by atoms with Crippen LogP contribution in [0, 0.1) is 17.0 Å². The second-order valence-electron chi connectivity index (χ2n) is 4.65. The number of nitrogens with zero attached hydrogens (tertiary/aromatic N) is 1. The molecule has 0 aliphatic heterocycles. The molecule has 0 bridgehead atoms. The Hall–Kier alpha value is -1.23. The first-order chi connectivity index (χ1) is 8.99. The van der Waals surface area contributed by atoms with Gasteiger partial charge in [0.15, 0.2) is 0 Å². The first-order valence-electron chi connectivity index (χ1n) is 6.52. The minimum atomic E-state index is -0.331. The van der Waals surface area contributed by atoms with Crippen LogP contribution < -0.4 is 5.32 Å². The highest BCUT2D eigenvalue weighted by Crippen LogP contribution is 2.32. The highest BCUT2D eigenvalue weighted by molar-refractivity contribution is 8.00. The van der Waals surface area contributed by atoms with E-state index in [0.717, 1.165) is 25.1 Å². The van der Waals surface area contributed by atoms with Gasteiger partial charge in [-0.1, -0.05) is 19.9 Å². The number of nitro groups is 1. The number of rotatable bonds is 7. The molecule has 19 heavy (non-hydrogen) atoms. The predicted octanol–water partition coefficient (Wildman–Crippen LogP) is 4.24. The third kappa shape index (κ3) is 3.62. The van der Waals surface area contributed by atoms with Gasteiger partial charge < -0.3 is 5.32 Å². The van der Waals surface area contributed by atoms with Crippen molar-refractivity contribution < 1.29 is 4.92 Å². The third-order valence-corrected chi connectivity index (χ3v) is 5.41. The van der Waals surface area contributed by atoms with Crippen LogP contribution >= 0.6 is 11.8 Å². The highest BCUT2D eigenvalue weighted by atomic mass is 32.2. The first kappa shape index (κ1) is 15.8. The van der Waals surface area contributed by atoms with Crippen LogP contribution in [0.4, 0.5) is 11.4 Å². The largest absolute Gasteiger partial charge is 0.383 e. The lowest BCUT2D eigenvalue weighted by Gasteiger charge is -2.30. The summed E-state index contributed by atoms with van der Waals surface area (Å²) in [4.78, 5) is 10.6. The van der Waals surface area contributed by atoms with Crippen molar-refractivity contribution in [2.75, 3.05) is 18.1 Å². The monoisotopic (exact) mass is 282 g/mol. The van der Waals surface area contributed by atoms with Gasteiger partial charge in [-0.05, 0) is 32.1 Å². The van der Waals surface area contributed by atoms with E-state index in [0.29, 0.717) is 5.56 Å². The van der Waals surface area contributed by atoms with Crippen molar-refractivity contribution in [3.63, 3.8) is 0 Å². The van der Waals surface area contributed by atoms with Gasteiger partial charge in [-0.3, -0.25) is 10.1 Å². The van der Waals surface area contributed by atoms with Crippen LogP contribution in [0.3, 0.4) is 0 Å². The number of benzene rings is 1. The van der Waals surface area contributed by atoms with Gasteiger partial charge >= 0.3 is 0 Å². The van der Waals surface area contributed by atoms with Gasteiger partial charge in [0, 0.05) is 28.6 Å². The van der Waals surface area contributed by atoms with E-state index in [9.17, 15) is 10.1 Å². The van der Waals surface area contributed by atoms with E-state index in [1.54, 1.807) is 19.1 Å². The lowest BCUT2D eigenvalue weighted by atomic mass is 10.0. The zero-order chi connectivity index (χ0) is 14.5. The quantitative estimate of drug-likeness (QED) is 0.600. The fourth-order valence-electron chi connectivity index (χ4n) is 2.13. The van der Waals surface area contributed by atoms with Crippen LogP contribution in [0.25, 0.3) is 0 Å². The minimum Gasteiger partial charge on any atom is -0.383 e. The van der Waals surface area contributed by atoms with Crippen molar-refractivity contribution in [2.45, 2.75) is 38.4 Å². The van der Waals surface area contributed by atoms with Gasteiger partial charge in [-0.2, -0.15) is 11.8 Å². The molecule has 4 nitrogen and oxygen atoms in total. The summed E-state index contributed by atoms with van der Waals surface area (Å²) in [6, 6.07) is 5.17. The SMILES string of the molecule is CCC(CC)(CNc1cccc([N+](=O)[O-])c1C)SC. The summed E-state index contributed by atoms with van der Waals surface area (Å²) in [6.45, 7) is 6.98. The summed E-state index contributed by atoms with van der Waals surface area (Å²) in [7, 11) is 0. The van der Waals surface area contributed by atoms with Gasteiger partial charge in [0.05, 0.1) is 4.92 Å². The van der Waals surface area contributed by atoms with Crippen LogP contribution in [-0.4, -0.2) is 22.5 Å². The Morgan fingerprint density at radius 3 is 2.47 bits per heavy atom. The zero-order valence-corrected chi connectivity index (χ0v) is 12.8. The average Bonchev–Trinajstić information content (AvgIpc) is 2.42. The molecule has 0 fully saturated rings. The maximum absolute atomic E-state index is 10.9. The van der Waals surface area contributed by atoms with Crippen molar-refractivity contribution in [3.8, 4) is 0 Å². The van der Waals surface area contributed by atoms with Crippen LogP contribution in [0.15, 0.2) is 18.2 Å². The third-order valence-electron chi connectivity index (χ3n) is 3.82. The molecule has 0 atom stereocenters. The molecule has 0 saturated heterocycles. The molecule has 1 aromatic carbocycles. The van der Waals surface area contributed by atoms with Gasteiger partial charge in [0.2, 0.25) is 0 Å². The Morgan fingerprint density at radius 2 is 2.00 bits per heavy atom. The van der Waals surface area contributed by atoms with Gasteiger partial charge in [-0.15, -0.1) is 0 Å². The average molecular weight is 282 g/mol. The van der Waals surface area contributed by atoms with E-state index >= 15 is 0 Å². The number of hydrogen-bond donors (Lipinski definition) is 1. The molecule has 0 aromatic heterocycles. The molecule has 0 saturated carbocycles. The number of nitrogens with one attached hydrogen (secondary N) is 1. The second kappa shape index (κ2) is 6.80. The van der Waals surface area contributed by atoms with E-state index < -0.39 is 0 Å². The molecule has 1 aromatic rings. The highest BCUT2D eigenvalue weighted by Gasteiger charge is 2.25. The molecule has 0 heterocycles. The minimum absolute atomic E-state index is 0.174. The number of nitro benzene ring substituents is 1. The number of hydrogen-bond acceptors (Lipinski definition) is 4. The second-order valence-corrected chi connectivity index (χ2v) is 5.93. The Bertz CT molecular complexity index is 437. The summed E-state index contributed by atoms with van der Waals surface area (Å²) in [5.41, 5.74) is 1.73. The molecule has 0 spiro atoms. The molecule has 0 radical (unpaired) electrons. The Balaban J connectivity index is 2.89. The van der Waals surface area contributed by atoms with E-state index in [4.69, 9.17) is 0 Å². The molecular weight excluding hydrogens is 260 g/mol. The molecule has 1 N–H and O–H groups in total. The molecule has 0 aliphatic carbocycles. The summed E-state index contributed by atoms with van der Waals surface area (Å²) in [5.74, 6) is 0. The normalized spacial score (nSPS) is 11.4. The summed E-state index contributed by atoms with van der Waals surface area (Å²) in [6.07, 6.45) is 4.27. The smallest absolute Gasteiger partial charge is 0.274 e.